The van der Waals surface area contributed by atoms with Gasteiger partial charge in [0.1, 0.15) is 5.82 Å². The van der Waals surface area contributed by atoms with Crippen molar-refractivity contribution in [2.45, 2.75) is 37.8 Å². The SMILES string of the molecule is Cc1ccc(S(=O)(=O)NC(C)C(=O)Nc2ccc3c(c2F)CCNC3)cc1.Cl. The molecule has 2 aromatic rings. The summed E-state index contributed by atoms with van der Waals surface area (Å²) in [4.78, 5) is 12.4. The lowest BCUT2D eigenvalue weighted by molar-refractivity contribution is -0.117. The van der Waals surface area contributed by atoms with Gasteiger partial charge in [0.05, 0.1) is 16.6 Å². The average molecular weight is 428 g/mol. The highest BCUT2D eigenvalue weighted by Gasteiger charge is 2.24. The molecule has 0 aromatic heterocycles. The zero-order valence-corrected chi connectivity index (χ0v) is 17.2. The van der Waals surface area contributed by atoms with Gasteiger partial charge in [-0.05, 0) is 56.1 Å². The van der Waals surface area contributed by atoms with Crippen molar-refractivity contribution in [1.82, 2.24) is 10.0 Å². The van der Waals surface area contributed by atoms with Crippen LogP contribution in [-0.4, -0.2) is 26.9 Å². The molecule has 1 heterocycles. The van der Waals surface area contributed by atoms with Crippen molar-refractivity contribution in [3.05, 3.63) is 58.9 Å². The van der Waals surface area contributed by atoms with Crippen LogP contribution in [0.3, 0.4) is 0 Å². The highest BCUT2D eigenvalue weighted by molar-refractivity contribution is 7.89. The van der Waals surface area contributed by atoms with Crippen LogP contribution in [0.5, 0.6) is 0 Å². The highest BCUT2D eigenvalue weighted by Crippen LogP contribution is 2.24. The smallest absolute Gasteiger partial charge is 0.242 e. The monoisotopic (exact) mass is 427 g/mol. The molecule has 0 fully saturated rings. The molecule has 1 amide bonds. The van der Waals surface area contributed by atoms with E-state index in [1.165, 1.54) is 25.1 Å². The molecule has 0 saturated heterocycles. The molecule has 0 spiro atoms. The molecule has 1 atom stereocenters. The summed E-state index contributed by atoms with van der Waals surface area (Å²) in [5, 5.41) is 5.64. The van der Waals surface area contributed by atoms with Gasteiger partial charge in [-0.3, -0.25) is 4.79 Å². The molecule has 1 unspecified atom stereocenters. The number of carbonyl (C=O) groups is 1. The second kappa shape index (κ2) is 9.00. The first-order valence-electron chi connectivity index (χ1n) is 8.69. The van der Waals surface area contributed by atoms with E-state index in [0.29, 0.717) is 25.1 Å². The third kappa shape index (κ3) is 4.88. The minimum Gasteiger partial charge on any atom is -0.322 e. The molecule has 0 radical (unpaired) electrons. The number of rotatable bonds is 5. The third-order valence-electron chi connectivity index (χ3n) is 4.52. The summed E-state index contributed by atoms with van der Waals surface area (Å²) < 4.78 is 41.8. The first kappa shape index (κ1) is 22.3. The van der Waals surface area contributed by atoms with Gasteiger partial charge in [-0.2, -0.15) is 4.72 Å². The van der Waals surface area contributed by atoms with Crippen molar-refractivity contribution in [1.29, 1.82) is 0 Å². The number of benzene rings is 2. The summed E-state index contributed by atoms with van der Waals surface area (Å²) in [5.41, 5.74) is 2.43. The Morgan fingerprint density at radius 1 is 1.18 bits per heavy atom. The van der Waals surface area contributed by atoms with Crippen LogP contribution in [0.15, 0.2) is 41.3 Å². The Labute approximate surface area is 170 Å². The third-order valence-corrected chi connectivity index (χ3v) is 6.08. The van der Waals surface area contributed by atoms with Gasteiger partial charge in [0.25, 0.3) is 0 Å². The van der Waals surface area contributed by atoms with Crippen LogP contribution in [0, 0.1) is 12.7 Å². The topological polar surface area (TPSA) is 87.3 Å². The first-order chi connectivity index (χ1) is 12.8. The minimum absolute atomic E-state index is 0. The second-order valence-corrected chi connectivity index (χ2v) is 8.35. The summed E-state index contributed by atoms with van der Waals surface area (Å²) in [6, 6.07) is 8.50. The lowest BCUT2D eigenvalue weighted by atomic mass is 9.99. The van der Waals surface area contributed by atoms with Crippen LogP contribution in [-0.2, 0) is 27.8 Å². The predicted octanol–water partition coefficient (Wildman–Crippen LogP) is 2.51. The number of carbonyl (C=O) groups excluding carboxylic acids is 1. The van der Waals surface area contributed by atoms with Gasteiger partial charge >= 0.3 is 0 Å². The number of aryl methyl sites for hydroxylation is 1. The molecule has 1 aliphatic rings. The van der Waals surface area contributed by atoms with Gasteiger partial charge in [0, 0.05) is 6.54 Å². The largest absolute Gasteiger partial charge is 0.322 e. The van der Waals surface area contributed by atoms with Crippen LogP contribution in [0.25, 0.3) is 0 Å². The number of amides is 1. The molecule has 3 N–H and O–H groups in total. The minimum atomic E-state index is -3.85. The molecular formula is C19H23ClFN3O3S. The zero-order valence-electron chi connectivity index (χ0n) is 15.6. The fourth-order valence-corrected chi connectivity index (χ4v) is 4.15. The fraction of sp³-hybridized carbons (Fsp3) is 0.316. The fourth-order valence-electron chi connectivity index (χ4n) is 2.94. The average Bonchev–Trinajstić information content (AvgIpc) is 2.64. The van der Waals surface area contributed by atoms with Gasteiger partial charge < -0.3 is 10.6 Å². The summed E-state index contributed by atoms with van der Waals surface area (Å²) >= 11 is 0. The van der Waals surface area contributed by atoms with E-state index in [1.54, 1.807) is 18.2 Å². The number of halogens is 2. The van der Waals surface area contributed by atoms with Crippen molar-refractivity contribution < 1.29 is 17.6 Å². The van der Waals surface area contributed by atoms with E-state index in [0.717, 1.165) is 11.1 Å². The maximum absolute atomic E-state index is 14.6. The Balaban J connectivity index is 0.00000280. The van der Waals surface area contributed by atoms with Crippen LogP contribution in [0.1, 0.15) is 23.6 Å². The van der Waals surface area contributed by atoms with Gasteiger partial charge in [-0.1, -0.05) is 23.8 Å². The molecule has 2 aromatic carbocycles. The van der Waals surface area contributed by atoms with E-state index in [9.17, 15) is 17.6 Å². The lowest BCUT2D eigenvalue weighted by Gasteiger charge is -2.20. The molecule has 1 aliphatic heterocycles. The molecule has 0 aliphatic carbocycles. The summed E-state index contributed by atoms with van der Waals surface area (Å²) in [5.74, 6) is -1.09. The molecule has 3 rings (SSSR count). The number of sulfonamides is 1. The van der Waals surface area contributed by atoms with E-state index in [2.05, 4.69) is 15.4 Å². The Kier molecular flexibility index (Phi) is 7.16. The molecule has 152 valence electrons. The van der Waals surface area contributed by atoms with Crippen molar-refractivity contribution in [3.8, 4) is 0 Å². The van der Waals surface area contributed by atoms with Crippen molar-refractivity contribution >= 4 is 34.0 Å². The Hall–Kier alpha value is -2.00. The Bertz CT molecular complexity index is 965. The molecule has 28 heavy (non-hydrogen) atoms. The predicted molar refractivity (Wildman–Crippen MR) is 109 cm³/mol. The summed E-state index contributed by atoms with van der Waals surface area (Å²) in [7, 11) is -3.85. The lowest BCUT2D eigenvalue weighted by Crippen LogP contribution is -2.41. The van der Waals surface area contributed by atoms with Crippen LogP contribution < -0.4 is 15.4 Å². The number of hydrogen-bond acceptors (Lipinski definition) is 4. The van der Waals surface area contributed by atoms with E-state index in [-0.39, 0.29) is 23.0 Å². The number of nitrogens with one attached hydrogen (secondary N) is 3. The van der Waals surface area contributed by atoms with Gasteiger partial charge in [-0.15, -0.1) is 12.4 Å². The maximum Gasteiger partial charge on any atom is 0.242 e. The van der Waals surface area contributed by atoms with Gasteiger partial charge in [0.2, 0.25) is 15.9 Å². The van der Waals surface area contributed by atoms with E-state index in [1.807, 2.05) is 6.92 Å². The maximum atomic E-state index is 14.6. The molecular weight excluding hydrogens is 405 g/mol. The molecule has 6 nitrogen and oxygen atoms in total. The zero-order chi connectivity index (χ0) is 19.6. The van der Waals surface area contributed by atoms with Crippen molar-refractivity contribution in [3.63, 3.8) is 0 Å². The van der Waals surface area contributed by atoms with Gasteiger partial charge in [-0.25, -0.2) is 12.8 Å². The quantitative estimate of drug-likeness (QED) is 0.684. The van der Waals surface area contributed by atoms with Crippen LogP contribution in [0.4, 0.5) is 10.1 Å². The Morgan fingerprint density at radius 2 is 1.86 bits per heavy atom. The summed E-state index contributed by atoms with van der Waals surface area (Å²) in [6.45, 7) is 4.53. The normalized spacial score (nSPS) is 14.5. The van der Waals surface area contributed by atoms with Crippen molar-refractivity contribution in [2.75, 3.05) is 11.9 Å². The number of anilines is 1. The van der Waals surface area contributed by atoms with Crippen LogP contribution in [0.2, 0.25) is 0 Å². The molecule has 0 saturated carbocycles. The van der Waals surface area contributed by atoms with E-state index in [4.69, 9.17) is 0 Å². The second-order valence-electron chi connectivity index (χ2n) is 6.64. The number of hydrogen-bond donors (Lipinski definition) is 3. The van der Waals surface area contributed by atoms with E-state index < -0.39 is 27.8 Å². The molecule has 9 heteroatoms. The van der Waals surface area contributed by atoms with Crippen molar-refractivity contribution in [2.24, 2.45) is 0 Å². The van der Waals surface area contributed by atoms with E-state index >= 15 is 0 Å². The molecule has 0 bridgehead atoms. The Morgan fingerprint density at radius 3 is 2.54 bits per heavy atom. The first-order valence-corrected chi connectivity index (χ1v) is 10.2. The summed E-state index contributed by atoms with van der Waals surface area (Å²) in [6.07, 6.45) is 0.542. The van der Waals surface area contributed by atoms with Gasteiger partial charge in [0.15, 0.2) is 0 Å². The number of fused-ring (bicyclic) bond motifs is 1. The highest BCUT2D eigenvalue weighted by atomic mass is 35.5. The van der Waals surface area contributed by atoms with Crippen LogP contribution >= 0.6 is 12.4 Å². The standard InChI is InChI=1S/C19H22FN3O3S.ClH/c1-12-3-6-15(7-4-12)27(25,26)23-13(2)19(24)22-17-8-5-14-11-21-10-9-16(14)18(17)20;/h3-8,13,21,23H,9-11H2,1-2H3,(H,22,24);1H.